The molecule has 0 saturated heterocycles. The summed E-state index contributed by atoms with van der Waals surface area (Å²) in [5, 5.41) is 14.1. The van der Waals surface area contributed by atoms with E-state index in [1.165, 1.54) is 6.07 Å². The van der Waals surface area contributed by atoms with E-state index in [9.17, 15) is 10.1 Å². The summed E-state index contributed by atoms with van der Waals surface area (Å²) >= 11 is 0. The summed E-state index contributed by atoms with van der Waals surface area (Å²) in [5.74, 6) is 0. The zero-order valence-corrected chi connectivity index (χ0v) is 7.21. The van der Waals surface area contributed by atoms with Crippen LogP contribution in [0.15, 0.2) is 29.4 Å². The molecule has 5 heteroatoms. The maximum Gasteiger partial charge on any atom is 0.276 e. The molecule has 14 heavy (non-hydrogen) atoms. The molecule has 0 aromatic heterocycles. The minimum Gasteiger partial charge on any atom is -0.387 e. The number of hydrogen-bond donors (Lipinski definition) is 0. The molecule has 1 atom stereocenters. The Labute approximate surface area is 80.1 Å². The van der Waals surface area contributed by atoms with E-state index in [0.717, 1.165) is 0 Å². The van der Waals surface area contributed by atoms with Gasteiger partial charge in [-0.3, -0.25) is 10.1 Å². The second-order valence-corrected chi connectivity index (χ2v) is 2.86. The molecule has 0 aliphatic carbocycles. The van der Waals surface area contributed by atoms with Crippen LogP contribution in [0.2, 0.25) is 0 Å². The standard InChI is InChI=1S/C9H7N2O3/c12-11(13)8-4-2-1-3-7(8)9-5-6-10-14-9/h1-4,9H,5H2. The Hall–Kier alpha value is -1.91. The van der Waals surface area contributed by atoms with Crippen LogP contribution in [0.1, 0.15) is 18.1 Å². The van der Waals surface area contributed by atoms with Crippen molar-refractivity contribution in [2.45, 2.75) is 12.5 Å². The summed E-state index contributed by atoms with van der Waals surface area (Å²) in [7, 11) is 0. The summed E-state index contributed by atoms with van der Waals surface area (Å²) in [6, 6.07) is 6.49. The molecule has 1 aliphatic heterocycles. The lowest BCUT2D eigenvalue weighted by Crippen LogP contribution is -2.01. The Kier molecular flexibility index (Phi) is 2.14. The van der Waals surface area contributed by atoms with Crippen LogP contribution in [0.5, 0.6) is 0 Å². The van der Waals surface area contributed by atoms with Crippen molar-refractivity contribution in [2.75, 3.05) is 0 Å². The normalized spacial score (nSPS) is 19.3. The summed E-state index contributed by atoms with van der Waals surface area (Å²) < 4.78 is 0. The lowest BCUT2D eigenvalue weighted by Gasteiger charge is -2.07. The van der Waals surface area contributed by atoms with Crippen LogP contribution in [-0.2, 0) is 4.84 Å². The van der Waals surface area contributed by atoms with E-state index in [0.29, 0.717) is 12.0 Å². The Balaban J connectivity index is 2.36. The molecule has 1 aromatic rings. The van der Waals surface area contributed by atoms with Crippen molar-refractivity contribution in [1.29, 1.82) is 0 Å². The van der Waals surface area contributed by atoms with Crippen LogP contribution in [0.25, 0.3) is 0 Å². The topological polar surface area (TPSA) is 64.7 Å². The second kappa shape index (κ2) is 3.45. The van der Waals surface area contributed by atoms with Crippen LogP contribution in [0, 0.1) is 10.1 Å². The van der Waals surface area contributed by atoms with Crippen LogP contribution >= 0.6 is 0 Å². The van der Waals surface area contributed by atoms with E-state index in [1.807, 2.05) is 0 Å². The highest BCUT2D eigenvalue weighted by Gasteiger charge is 2.24. The minimum absolute atomic E-state index is 0.0661. The number of nitrogens with zero attached hydrogens (tertiary/aromatic N) is 2. The minimum atomic E-state index is -0.420. The quantitative estimate of drug-likeness (QED) is 0.529. The number of nitro benzene ring substituents is 1. The second-order valence-electron chi connectivity index (χ2n) is 2.86. The first-order valence-corrected chi connectivity index (χ1v) is 4.11. The van der Waals surface area contributed by atoms with E-state index in [1.54, 1.807) is 18.2 Å². The lowest BCUT2D eigenvalue weighted by atomic mass is 10.1. The fraction of sp³-hybridized carbons (Fsp3) is 0.222. The van der Waals surface area contributed by atoms with Gasteiger partial charge in [0.2, 0.25) is 0 Å². The van der Waals surface area contributed by atoms with E-state index >= 15 is 0 Å². The van der Waals surface area contributed by atoms with Crippen molar-refractivity contribution >= 4 is 11.9 Å². The van der Waals surface area contributed by atoms with Gasteiger partial charge in [-0.25, -0.2) is 0 Å². The van der Waals surface area contributed by atoms with Crippen LogP contribution < -0.4 is 0 Å². The fourth-order valence-electron chi connectivity index (χ4n) is 1.35. The molecule has 0 N–H and O–H groups in total. The fourth-order valence-corrected chi connectivity index (χ4v) is 1.35. The van der Waals surface area contributed by atoms with Crippen LogP contribution in [-0.4, -0.2) is 11.1 Å². The molecule has 1 heterocycles. The van der Waals surface area contributed by atoms with Gasteiger partial charge in [0, 0.05) is 12.5 Å². The summed E-state index contributed by atoms with van der Waals surface area (Å²) in [6.07, 6.45) is 2.72. The van der Waals surface area contributed by atoms with Gasteiger partial charge in [0.1, 0.15) is 6.21 Å². The molecule has 1 aromatic carbocycles. The zero-order valence-electron chi connectivity index (χ0n) is 7.21. The molecule has 0 saturated carbocycles. The summed E-state index contributed by atoms with van der Waals surface area (Å²) in [6.45, 7) is 0. The molecule has 0 fully saturated rings. The van der Waals surface area contributed by atoms with Gasteiger partial charge in [-0.15, -0.1) is 0 Å². The van der Waals surface area contributed by atoms with Gasteiger partial charge in [0.25, 0.3) is 5.69 Å². The van der Waals surface area contributed by atoms with Gasteiger partial charge in [-0.1, -0.05) is 17.3 Å². The van der Waals surface area contributed by atoms with Gasteiger partial charge < -0.3 is 4.84 Å². The van der Waals surface area contributed by atoms with E-state index in [2.05, 4.69) is 11.4 Å². The van der Waals surface area contributed by atoms with Crippen molar-refractivity contribution in [3.63, 3.8) is 0 Å². The molecule has 1 unspecified atom stereocenters. The monoisotopic (exact) mass is 191 g/mol. The third-order valence-electron chi connectivity index (χ3n) is 2.00. The molecular formula is C9H7N2O3. The van der Waals surface area contributed by atoms with Gasteiger partial charge in [-0.05, 0) is 6.07 Å². The first-order valence-electron chi connectivity index (χ1n) is 4.11. The molecule has 5 nitrogen and oxygen atoms in total. The maximum absolute atomic E-state index is 10.7. The highest BCUT2D eigenvalue weighted by atomic mass is 16.6. The number of benzene rings is 1. The number of hydrogen-bond acceptors (Lipinski definition) is 4. The van der Waals surface area contributed by atoms with Gasteiger partial charge in [-0.2, -0.15) is 0 Å². The average Bonchev–Trinajstić information content (AvgIpc) is 2.70. The van der Waals surface area contributed by atoms with E-state index < -0.39 is 4.92 Å². The van der Waals surface area contributed by atoms with Crippen LogP contribution in [0.3, 0.4) is 0 Å². The van der Waals surface area contributed by atoms with E-state index in [-0.39, 0.29) is 11.8 Å². The Morgan fingerprint density at radius 2 is 2.36 bits per heavy atom. The lowest BCUT2D eigenvalue weighted by molar-refractivity contribution is -0.386. The van der Waals surface area contributed by atoms with Crippen LogP contribution in [0.4, 0.5) is 5.69 Å². The molecule has 1 radical (unpaired) electrons. The van der Waals surface area contributed by atoms with Crippen molar-refractivity contribution in [1.82, 2.24) is 0 Å². The van der Waals surface area contributed by atoms with Gasteiger partial charge in [0.15, 0.2) is 6.10 Å². The SMILES string of the molecule is O=[N+]([O-])c1ccccc1C1C[C]=NO1. The maximum atomic E-state index is 10.7. The predicted octanol–water partition coefficient (Wildman–Crippen LogP) is 1.92. The number of rotatable bonds is 2. The summed E-state index contributed by atoms with van der Waals surface area (Å²) in [4.78, 5) is 15.2. The Bertz CT molecular complexity index is 381. The van der Waals surface area contributed by atoms with Crippen molar-refractivity contribution in [3.8, 4) is 0 Å². The number of nitro groups is 1. The Morgan fingerprint density at radius 3 is 3.00 bits per heavy atom. The van der Waals surface area contributed by atoms with Gasteiger partial charge in [0.05, 0.1) is 10.5 Å². The largest absolute Gasteiger partial charge is 0.387 e. The van der Waals surface area contributed by atoms with Crippen molar-refractivity contribution in [3.05, 3.63) is 39.9 Å². The van der Waals surface area contributed by atoms with Crippen molar-refractivity contribution in [2.24, 2.45) is 5.16 Å². The molecule has 71 valence electrons. The van der Waals surface area contributed by atoms with E-state index in [4.69, 9.17) is 4.84 Å². The average molecular weight is 191 g/mol. The molecule has 0 spiro atoms. The number of para-hydroxylation sites is 1. The molecule has 2 rings (SSSR count). The molecular weight excluding hydrogens is 184 g/mol. The summed E-state index contributed by atoms with van der Waals surface area (Å²) in [5.41, 5.74) is 0.614. The first kappa shape index (κ1) is 8.68. The third kappa shape index (κ3) is 1.44. The predicted molar refractivity (Wildman–Crippen MR) is 49.0 cm³/mol. The van der Waals surface area contributed by atoms with Crippen molar-refractivity contribution < 1.29 is 9.76 Å². The Morgan fingerprint density at radius 1 is 1.57 bits per heavy atom. The zero-order chi connectivity index (χ0) is 9.97. The van der Waals surface area contributed by atoms with Gasteiger partial charge >= 0.3 is 0 Å². The highest BCUT2D eigenvalue weighted by molar-refractivity contribution is 5.60. The first-order chi connectivity index (χ1) is 6.79. The smallest absolute Gasteiger partial charge is 0.276 e. The highest BCUT2D eigenvalue weighted by Crippen LogP contribution is 2.31. The molecule has 0 amide bonds. The molecule has 1 aliphatic rings. The molecule has 0 bridgehead atoms. The third-order valence-corrected chi connectivity index (χ3v) is 2.00.